The van der Waals surface area contributed by atoms with E-state index < -0.39 is 0 Å². The van der Waals surface area contributed by atoms with Crippen molar-refractivity contribution in [2.45, 2.75) is 50.2 Å². The molecule has 136 valence electrons. The molecule has 4 rings (SSSR count). The lowest BCUT2D eigenvalue weighted by atomic mass is 9.82. The normalized spacial score (nSPS) is 30.0. The third kappa shape index (κ3) is 2.97. The Hall–Kier alpha value is -1.46. The highest BCUT2D eigenvalue weighted by atomic mass is 35.5. The third-order valence-electron chi connectivity index (χ3n) is 6.23. The van der Waals surface area contributed by atoms with Crippen molar-refractivity contribution in [2.24, 2.45) is 0 Å². The molecule has 3 heterocycles. The minimum Gasteiger partial charge on any atom is -0.495 e. The van der Waals surface area contributed by atoms with Crippen LogP contribution in [0.5, 0.6) is 5.75 Å². The number of amides is 2. The maximum Gasteiger partial charge on any atom is 0.324 e. The van der Waals surface area contributed by atoms with E-state index in [-0.39, 0.29) is 6.03 Å². The predicted molar refractivity (Wildman–Crippen MR) is 99.7 cm³/mol. The van der Waals surface area contributed by atoms with Crippen molar-refractivity contribution in [3.63, 3.8) is 0 Å². The zero-order valence-corrected chi connectivity index (χ0v) is 15.7. The number of hydrogen-bond acceptors (Lipinski definition) is 3. The van der Waals surface area contributed by atoms with Gasteiger partial charge in [0.2, 0.25) is 0 Å². The van der Waals surface area contributed by atoms with Crippen LogP contribution in [0.1, 0.15) is 32.1 Å². The van der Waals surface area contributed by atoms with Crippen LogP contribution in [0, 0.1) is 0 Å². The molecule has 0 aromatic heterocycles. The van der Waals surface area contributed by atoms with Gasteiger partial charge < -0.3 is 14.5 Å². The number of piperidine rings is 2. The number of carbonyl (C=O) groups is 1. The quantitative estimate of drug-likeness (QED) is 0.823. The zero-order valence-electron chi connectivity index (χ0n) is 14.9. The van der Waals surface area contributed by atoms with Crippen LogP contribution >= 0.6 is 11.6 Å². The molecular weight excluding hydrogens is 338 g/mol. The molecule has 2 atom stereocenters. The van der Waals surface area contributed by atoms with Gasteiger partial charge in [0.15, 0.2) is 0 Å². The Bertz CT molecular complexity index is 654. The highest BCUT2D eigenvalue weighted by Gasteiger charge is 2.42. The third-order valence-corrected chi connectivity index (χ3v) is 6.46. The van der Waals surface area contributed by atoms with Gasteiger partial charge in [-0.2, -0.15) is 0 Å². The number of anilines is 1. The van der Waals surface area contributed by atoms with Crippen LogP contribution < -0.4 is 9.64 Å². The summed E-state index contributed by atoms with van der Waals surface area (Å²) in [6, 6.07) is 7.14. The smallest absolute Gasteiger partial charge is 0.324 e. The Morgan fingerprint density at radius 1 is 1.12 bits per heavy atom. The Morgan fingerprint density at radius 2 is 1.84 bits per heavy atom. The van der Waals surface area contributed by atoms with E-state index in [0.29, 0.717) is 35.4 Å². The first kappa shape index (κ1) is 17.0. The van der Waals surface area contributed by atoms with E-state index in [1.165, 1.54) is 19.3 Å². The summed E-state index contributed by atoms with van der Waals surface area (Å²) in [7, 11) is 3.88. The summed E-state index contributed by atoms with van der Waals surface area (Å²) >= 11 is 6.15. The van der Waals surface area contributed by atoms with E-state index in [0.717, 1.165) is 25.1 Å². The van der Waals surface area contributed by atoms with Crippen LogP contribution in [0.15, 0.2) is 18.2 Å². The molecule has 0 radical (unpaired) electrons. The molecule has 0 spiro atoms. The number of fused-ring (bicyclic) bond motifs is 2. The van der Waals surface area contributed by atoms with Crippen LogP contribution in [-0.2, 0) is 0 Å². The maximum atomic E-state index is 13.1. The van der Waals surface area contributed by atoms with Gasteiger partial charge in [0.25, 0.3) is 0 Å². The molecule has 1 aromatic carbocycles. The maximum absolute atomic E-state index is 13.1. The van der Waals surface area contributed by atoms with Gasteiger partial charge in [0.05, 0.1) is 12.8 Å². The van der Waals surface area contributed by atoms with Crippen LogP contribution in [-0.4, -0.2) is 61.2 Å². The van der Waals surface area contributed by atoms with E-state index in [1.54, 1.807) is 13.2 Å². The van der Waals surface area contributed by atoms with Gasteiger partial charge in [-0.3, -0.25) is 4.90 Å². The second-order valence-electron chi connectivity index (χ2n) is 7.47. The molecule has 0 saturated carbocycles. The van der Waals surface area contributed by atoms with Crippen molar-refractivity contribution in [1.29, 1.82) is 0 Å². The summed E-state index contributed by atoms with van der Waals surface area (Å²) in [6.45, 7) is 1.47. The Balaban J connectivity index is 1.53. The molecular formula is C19H26ClN3O2. The molecule has 0 N–H and O–H groups in total. The number of carbonyl (C=O) groups excluding carboxylic acids is 1. The number of nitrogens with zero attached hydrogens (tertiary/aromatic N) is 3. The molecule has 3 fully saturated rings. The summed E-state index contributed by atoms with van der Waals surface area (Å²) in [4.78, 5) is 19.6. The van der Waals surface area contributed by atoms with Crippen molar-refractivity contribution in [1.82, 2.24) is 9.80 Å². The van der Waals surface area contributed by atoms with Crippen molar-refractivity contribution < 1.29 is 9.53 Å². The molecule has 6 heteroatoms. The molecule has 2 bridgehead atoms. The topological polar surface area (TPSA) is 36.0 Å². The fourth-order valence-corrected chi connectivity index (χ4v) is 5.00. The lowest BCUT2D eigenvalue weighted by Crippen LogP contribution is -2.56. The lowest BCUT2D eigenvalue weighted by Gasteiger charge is -2.49. The fraction of sp³-hybridized carbons (Fsp3) is 0.632. The number of urea groups is 1. The highest BCUT2D eigenvalue weighted by Crippen LogP contribution is 2.38. The number of hydrogen-bond donors (Lipinski definition) is 0. The Kier molecular flexibility index (Phi) is 4.54. The van der Waals surface area contributed by atoms with Gasteiger partial charge in [-0.1, -0.05) is 18.0 Å². The van der Waals surface area contributed by atoms with Gasteiger partial charge >= 0.3 is 6.03 Å². The van der Waals surface area contributed by atoms with Crippen molar-refractivity contribution >= 4 is 23.3 Å². The predicted octanol–water partition coefficient (Wildman–Crippen LogP) is 3.61. The van der Waals surface area contributed by atoms with E-state index in [1.807, 2.05) is 17.0 Å². The minimum absolute atomic E-state index is 0.0909. The first-order valence-electron chi connectivity index (χ1n) is 9.22. The standard InChI is InChI=1S/C19H26ClN3O2/c1-21-14-4-3-5-15(21)12-16(11-14)22-8-9-23(19(22)24)17-10-13(20)6-7-18(17)25-2/h6-7,10,14-16H,3-5,8-9,11-12H2,1-2H3. The monoisotopic (exact) mass is 363 g/mol. The van der Waals surface area contributed by atoms with Crippen molar-refractivity contribution in [3.05, 3.63) is 23.2 Å². The summed E-state index contributed by atoms with van der Waals surface area (Å²) in [5.74, 6) is 0.694. The number of rotatable bonds is 3. The number of halogens is 1. The van der Waals surface area contributed by atoms with Crippen LogP contribution in [0.4, 0.5) is 10.5 Å². The molecule has 3 aliphatic rings. The summed E-state index contributed by atoms with van der Waals surface area (Å²) < 4.78 is 5.44. The molecule has 5 nitrogen and oxygen atoms in total. The number of methoxy groups -OCH3 is 1. The summed E-state index contributed by atoms with van der Waals surface area (Å²) in [6.07, 6.45) is 6.04. The molecule has 2 unspecified atom stereocenters. The first-order chi connectivity index (χ1) is 12.1. The molecule has 1 aromatic rings. The first-order valence-corrected chi connectivity index (χ1v) is 9.60. The van der Waals surface area contributed by atoms with Gasteiger partial charge in [-0.15, -0.1) is 0 Å². The van der Waals surface area contributed by atoms with Gasteiger partial charge in [0, 0.05) is 36.2 Å². The Morgan fingerprint density at radius 3 is 2.52 bits per heavy atom. The molecule has 0 aliphatic carbocycles. The van der Waals surface area contributed by atoms with Crippen LogP contribution in [0.2, 0.25) is 5.02 Å². The Labute approximate surface area is 154 Å². The van der Waals surface area contributed by atoms with Gasteiger partial charge in [0.1, 0.15) is 5.75 Å². The lowest BCUT2D eigenvalue weighted by molar-refractivity contribution is 0.0250. The highest BCUT2D eigenvalue weighted by molar-refractivity contribution is 6.31. The average Bonchev–Trinajstić information content (AvgIpc) is 2.96. The van der Waals surface area contributed by atoms with E-state index in [4.69, 9.17) is 16.3 Å². The minimum atomic E-state index is 0.0909. The van der Waals surface area contributed by atoms with Gasteiger partial charge in [-0.25, -0.2) is 4.79 Å². The average molecular weight is 364 g/mol. The molecule has 2 amide bonds. The van der Waals surface area contributed by atoms with E-state index >= 15 is 0 Å². The number of ether oxygens (including phenoxy) is 1. The number of benzene rings is 1. The van der Waals surface area contributed by atoms with Crippen molar-refractivity contribution in [2.75, 3.05) is 32.1 Å². The fourth-order valence-electron chi connectivity index (χ4n) is 4.83. The van der Waals surface area contributed by atoms with E-state index in [9.17, 15) is 4.79 Å². The molecule has 25 heavy (non-hydrogen) atoms. The van der Waals surface area contributed by atoms with Crippen LogP contribution in [0.3, 0.4) is 0 Å². The second kappa shape index (κ2) is 6.69. The zero-order chi connectivity index (χ0) is 17.6. The molecule has 3 aliphatic heterocycles. The SMILES string of the molecule is COc1ccc(Cl)cc1N1CCN(C2CC3CCCC(C2)N3C)C1=O. The largest absolute Gasteiger partial charge is 0.495 e. The summed E-state index contributed by atoms with van der Waals surface area (Å²) in [5, 5.41) is 0.621. The van der Waals surface area contributed by atoms with E-state index in [2.05, 4.69) is 16.8 Å². The summed E-state index contributed by atoms with van der Waals surface area (Å²) in [5.41, 5.74) is 0.774. The van der Waals surface area contributed by atoms with Crippen molar-refractivity contribution in [3.8, 4) is 5.75 Å². The van der Waals surface area contributed by atoms with Gasteiger partial charge in [-0.05, 0) is 50.9 Å². The van der Waals surface area contributed by atoms with Crippen LogP contribution in [0.25, 0.3) is 0 Å². The second-order valence-corrected chi connectivity index (χ2v) is 7.91. The molecule has 3 saturated heterocycles.